The van der Waals surface area contributed by atoms with E-state index in [0.717, 1.165) is 18.2 Å². The first-order chi connectivity index (χ1) is 11.7. The van der Waals surface area contributed by atoms with Crippen LogP contribution in [0.1, 0.15) is 24.2 Å². The summed E-state index contributed by atoms with van der Waals surface area (Å²) in [5, 5.41) is 25.2. The molecule has 1 aromatic rings. The van der Waals surface area contributed by atoms with E-state index in [9.17, 15) is 29.8 Å². The molecule has 0 bridgehead atoms. The van der Waals surface area contributed by atoms with E-state index in [-0.39, 0.29) is 17.1 Å². The summed E-state index contributed by atoms with van der Waals surface area (Å²) >= 11 is 0. The second kappa shape index (κ2) is 6.83. The van der Waals surface area contributed by atoms with E-state index in [1.165, 1.54) is 12.2 Å². The standard InChI is InChI=1S/C15H11N3O7/c1-8-9(2)14(19)4-3-13(8)16-25-15(20)10-5-11(17(21)22)7-12(6-10)18(23)24/h3-7H,1-2H3/b16-13+. The van der Waals surface area contributed by atoms with Crippen molar-refractivity contribution in [2.45, 2.75) is 13.8 Å². The lowest BCUT2D eigenvalue weighted by Crippen LogP contribution is -2.12. The van der Waals surface area contributed by atoms with Crippen LogP contribution in [0.4, 0.5) is 11.4 Å². The fraction of sp³-hybridized carbons (Fsp3) is 0.133. The highest BCUT2D eigenvalue weighted by Crippen LogP contribution is 2.23. The van der Waals surface area contributed by atoms with Gasteiger partial charge in [0.2, 0.25) is 0 Å². The zero-order valence-corrected chi connectivity index (χ0v) is 13.1. The van der Waals surface area contributed by atoms with Gasteiger partial charge in [0.25, 0.3) is 11.4 Å². The number of ketones is 1. The first-order valence-electron chi connectivity index (χ1n) is 6.84. The van der Waals surface area contributed by atoms with Crippen molar-refractivity contribution in [2.24, 2.45) is 5.16 Å². The summed E-state index contributed by atoms with van der Waals surface area (Å²) in [6.07, 6.45) is 2.61. The lowest BCUT2D eigenvalue weighted by Gasteiger charge is -2.09. The zero-order chi connectivity index (χ0) is 18.7. The van der Waals surface area contributed by atoms with Crippen LogP contribution in [0.2, 0.25) is 0 Å². The maximum absolute atomic E-state index is 12.0. The molecule has 0 aliphatic heterocycles. The Morgan fingerprint density at radius 2 is 1.56 bits per heavy atom. The van der Waals surface area contributed by atoms with Crippen LogP contribution in [0.15, 0.2) is 46.7 Å². The van der Waals surface area contributed by atoms with E-state index in [1.54, 1.807) is 13.8 Å². The van der Waals surface area contributed by atoms with Gasteiger partial charge in [-0.05, 0) is 31.6 Å². The molecule has 0 spiro atoms. The largest absolute Gasteiger partial charge is 0.366 e. The third-order valence-corrected chi connectivity index (χ3v) is 3.50. The van der Waals surface area contributed by atoms with Crippen molar-refractivity contribution in [1.82, 2.24) is 0 Å². The zero-order valence-electron chi connectivity index (χ0n) is 13.1. The number of non-ortho nitro benzene ring substituents is 2. The van der Waals surface area contributed by atoms with Crippen molar-refractivity contribution in [3.05, 3.63) is 67.3 Å². The van der Waals surface area contributed by atoms with E-state index in [0.29, 0.717) is 11.1 Å². The minimum atomic E-state index is -1.10. The predicted molar refractivity (Wildman–Crippen MR) is 85.1 cm³/mol. The van der Waals surface area contributed by atoms with Crippen molar-refractivity contribution < 1.29 is 24.3 Å². The van der Waals surface area contributed by atoms with Gasteiger partial charge < -0.3 is 4.84 Å². The smallest absolute Gasteiger partial charge is 0.312 e. The number of nitro benzene ring substituents is 2. The van der Waals surface area contributed by atoms with Gasteiger partial charge in [0.15, 0.2) is 5.78 Å². The summed E-state index contributed by atoms with van der Waals surface area (Å²) in [6.45, 7) is 3.20. The minimum absolute atomic E-state index is 0.197. The Balaban J connectivity index is 2.31. The highest BCUT2D eigenvalue weighted by molar-refractivity contribution is 6.21. The lowest BCUT2D eigenvalue weighted by atomic mass is 9.97. The van der Waals surface area contributed by atoms with Crippen molar-refractivity contribution in [2.75, 3.05) is 0 Å². The maximum Gasteiger partial charge on any atom is 0.366 e. The Morgan fingerprint density at radius 3 is 2.08 bits per heavy atom. The van der Waals surface area contributed by atoms with Gasteiger partial charge in [0.1, 0.15) is 5.71 Å². The maximum atomic E-state index is 12.0. The summed E-state index contributed by atoms with van der Waals surface area (Å²) in [6, 6.07) is 2.43. The number of benzene rings is 1. The van der Waals surface area contributed by atoms with E-state index in [1.807, 2.05) is 0 Å². The molecule has 0 unspecified atom stereocenters. The van der Waals surface area contributed by atoms with E-state index in [4.69, 9.17) is 4.84 Å². The third-order valence-electron chi connectivity index (χ3n) is 3.50. The fourth-order valence-corrected chi connectivity index (χ4v) is 1.95. The molecule has 0 amide bonds. The normalized spacial score (nSPS) is 15.4. The quantitative estimate of drug-likeness (QED) is 0.353. The number of rotatable bonds is 4. The van der Waals surface area contributed by atoms with Gasteiger partial charge in [-0.3, -0.25) is 25.0 Å². The van der Waals surface area contributed by atoms with Crippen molar-refractivity contribution in [3.63, 3.8) is 0 Å². The molecule has 0 N–H and O–H groups in total. The van der Waals surface area contributed by atoms with Crippen LogP contribution in [0, 0.1) is 20.2 Å². The Morgan fingerprint density at radius 1 is 1.00 bits per heavy atom. The second-order valence-electron chi connectivity index (χ2n) is 5.06. The van der Waals surface area contributed by atoms with Crippen molar-refractivity contribution in [3.8, 4) is 0 Å². The third kappa shape index (κ3) is 3.80. The molecular weight excluding hydrogens is 334 g/mol. The number of hydrogen-bond acceptors (Lipinski definition) is 8. The summed E-state index contributed by atoms with van der Waals surface area (Å²) in [5.41, 5.74) is -0.466. The Kier molecular flexibility index (Phi) is 4.82. The average Bonchev–Trinajstić information content (AvgIpc) is 2.58. The van der Waals surface area contributed by atoms with Gasteiger partial charge in [-0.15, -0.1) is 0 Å². The van der Waals surface area contributed by atoms with Crippen LogP contribution < -0.4 is 0 Å². The van der Waals surface area contributed by atoms with Crippen LogP contribution in [-0.4, -0.2) is 27.3 Å². The van der Waals surface area contributed by atoms with Gasteiger partial charge in [-0.2, -0.15) is 0 Å². The molecule has 0 aromatic heterocycles. The minimum Gasteiger partial charge on any atom is -0.312 e. The molecule has 0 radical (unpaired) electrons. The van der Waals surface area contributed by atoms with Crippen LogP contribution in [0.25, 0.3) is 0 Å². The molecule has 10 heteroatoms. The molecule has 10 nitrogen and oxygen atoms in total. The number of carbonyl (C=O) groups excluding carboxylic acids is 2. The van der Waals surface area contributed by atoms with Gasteiger partial charge in [0.05, 0.1) is 21.5 Å². The topological polar surface area (TPSA) is 142 Å². The van der Waals surface area contributed by atoms with Crippen molar-refractivity contribution in [1.29, 1.82) is 0 Å². The molecule has 128 valence electrons. The SMILES string of the molecule is CC1=C(C)/C(=N/OC(=O)c2cc([N+](=O)[O-])cc([N+](=O)[O-])c2)C=CC1=O. The highest BCUT2D eigenvalue weighted by Gasteiger charge is 2.21. The summed E-state index contributed by atoms with van der Waals surface area (Å²) in [4.78, 5) is 48.1. The molecule has 0 saturated carbocycles. The summed E-state index contributed by atoms with van der Waals surface area (Å²) < 4.78 is 0. The number of carbonyl (C=O) groups is 2. The second-order valence-corrected chi connectivity index (χ2v) is 5.06. The number of nitrogens with zero attached hydrogens (tertiary/aromatic N) is 3. The van der Waals surface area contributed by atoms with E-state index in [2.05, 4.69) is 5.16 Å². The average molecular weight is 345 g/mol. The van der Waals surface area contributed by atoms with E-state index >= 15 is 0 Å². The number of allylic oxidation sites excluding steroid dienone is 4. The van der Waals surface area contributed by atoms with Crippen LogP contribution >= 0.6 is 0 Å². The molecule has 1 aliphatic carbocycles. The molecule has 0 saturated heterocycles. The van der Waals surface area contributed by atoms with Gasteiger partial charge >= 0.3 is 5.97 Å². The number of nitro groups is 2. The fourth-order valence-electron chi connectivity index (χ4n) is 1.95. The molecule has 0 atom stereocenters. The monoisotopic (exact) mass is 345 g/mol. The van der Waals surface area contributed by atoms with Crippen LogP contribution in [0.5, 0.6) is 0 Å². The highest BCUT2D eigenvalue weighted by atomic mass is 16.7. The molecular formula is C15H11N3O7. The van der Waals surface area contributed by atoms with Gasteiger partial charge in [-0.25, -0.2) is 4.79 Å². The Labute approximate surface area is 140 Å². The van der Waals surface area contributed by atoms with Gasteiger partial charge in [-0.1, -0.05) is 5.16 Å². The lowest BCUT2D eigenvalue weighted by molar-refractivity contribution is -0.394. The molecule has 2 rings (SSSR count). The molecule has 25 heavy (non-hydrogen) atoms. The predicted octanol–water partition coefficient (Wildman–Crippen LogP) is 2.49. The summed E-state index contributed by atoms with van der Waals surface area (Å²) in [5.74, 6) is -1.30. The van der Waals surface area contributed by atoms with Gasteiger partial charge in [0, 0.05) is 17.7 Å². The first-order valence-corrected chi connectivity index (χ1v) is 6.84. The number of oxime groups is 1. The van der Waals surface area contributed by atoms with Crippen molar-refractivity contribution >= 4 is 28.8 Å². The molecule has 0 fully saturated rings. The Hall–Kier alpha value is -3.69. The number of hydrogen-bond donors (Lipinski definition) is 0. The van der Waals surface area contributed by atoms with Crippen LogP contribution in [0.3, 0.4) is 0 Å². The Bertz CT molecular complexity index is 864. The first kappa shape index (κ1) is 17.7. The molecule has 1 aliphatic rings. The van der Waals surface area contributed by atoms with E-state index < -0.39 is 27.2 Å². The molecule has 0 heterocycles. The molecule has 1 aromatic carbocycles. The van der Waals surface area contributed by atoms with Crippen LogP contribution in [-0.2, 0) is 9.63 Å². The summed E-state index contributed by atoms with van der Waals surface area (Å²) in [7, 11) is 0.